The fraction of sp³-hybridized carbons (Fsp3) is 0.533. The molecule has 2 rings (SSSR count). The Labute approximate surface area is 113 Å². The van der Waals surface area contributed by atoms with Crippen LogP contribution in [0.1, 0.15) is 38.9 Å². The number of hydrogen-bond donors (Lipinski definition) is 0. The monoisotopic (exact) mass is 264 g/mol. The van der Waals surface area contributed by atoms with Crippen LogP contribution in [0.4, 0.5) is 0 Å². The number of benzene rings is 1. The third-order valence-corrected chi connectivity index (χ3v) is 2.95. The van der Waals surface area contributed by atoms with Gasteiger partial charge in [0.2, 0.25) is 0 Å². The first kappa shape index (κ1) is 14.0. The van der Waals surface area contributed by atoms with Gasteiger partial charge in [-0.05, 0) is 38.5 Å². The van der Waals surface area contributed by atoms with Crippen LogP contribution in [0.15, 0.2) is 24.3 Å². The molecule has 0 spiro atoms. The summed E-state index contributed by atoms with van der Waals surface area (Å²) in [5.74, 6) is 0.332. The summed E-state index contributed by atoms with van der Waals surface area (Å²) in [6.07, 6.45) is 0.919. The minimum absolute atomic E-state index is 0.0705. The number of carbonyl (C=O) groups is 1. The van der Waals surface area contributed by atoms with Gasteiger partial charge < -0.3 is 14.2 Å². The Morgan fingerprint density at radius 3 is 2.47 bits per heavy atom. The van der Waals surface area contributed by atoms with Gasteiger partial charge in [-0.15, -0.1) is 0 Å². The molecule has 1 aliphatic heterocycles. The first-order chi connectivity index (χ1) is 8.97. The Hall–Kier alpha value is -1.39. The number of carbonyl (C=O) groups excluding carboxylic acids is 1. The molecular formula is C15H20O4. The lowest BCUT2D eigenvalue weighted by atomic mass is 9.97. The molecule has 104 valence electrons. The molecule has 4 heteroatoms. The molecule has 0 radical (unpaired) electrons. The third kappa shape index (κ3) is 3.78. The molecule has 1 heterocycles. The maximum absolute atomic E-state index is 11.8. The van der Waals surface area contributed by atoms with Crippen molar-refractivity contribution in [3.8, 4) is 5.75 Å². The molecule has 19 heavy (non-hydrogen) atoms. The van der Waals surface area contributed by atoms with Crippen molar-refractivity contribution in [1.82, 2.24) is 0 Å². The number of hydrogen-bond acceptors (Lipinski definition) is 4. The summed E-state index contributed by atoms with van der Waals surface area (Å²) in [7, 11) is 0. The quantitative estimate of drug-likeness (QED) is 0.608. The standard InChI is InChI=1S/C15H20O4/c1-15(2,3)14(16)19-12-6-4-11(5-7-12)13-8-9-17-10-18-13/h4-7,13H,8-10H2,1-3H3/t13-/m1/s1. The molecule has 0 aliphatic carbocycles. The van der Waals surface area contributed by atoms with E-state index in [2.05, 4.69) is 0 Å². The fourth-order valence-corrected chi connectivity index (χ4v) is 1.74. The Kier molecular flexibility index (Phi) is 4.22. The highest BCUT2D eigenvalue weighted by molar-refractivity contribution is 5.77. The van der Waals surface area contributed by atoms with Crippen molar-refractivity contribution in [1.29, 1.82) is 0 Å². The smallest absolute Gasteiger partial charge is 0.316 e. The van der Waals surface area contributed by atoms with Gasteiger partial charge in [0.1, 0.15) is 12.5 Å². The molecule has 0 saturated carbocycles. The molecule has 1 atom stereocenters. The van der Waals surface area contributed by atoms with Crippen LogP contribution in [0.2, 0.25) is 0 Å². The Bertz CT molecular complexity index is 424. The molecule has 0 unspecified atom stereocenters. The van der Waals surface area contributed by atoms with Gasteiger partial charge in [-0.25, -0.2) is 0 Å². The van der Waals surface area contributed by atoms with Crippen LogP contribution in [0.5, 0.6) is 5.75 Å². The number of esters is 1. The molecule has 1 fully saturated rings. The van der Waals surface area contributed by atoms with Gasteiger partial charge in [0.05, 0.1) is 18.1 Å². The van der Waals surface area contributed by atoms with Crippen LogP contribution in [0, 0.1) is 5.41 Å². The number of ether oxygens (including phenoxy) is 3. The zero-order chi connectivity index (χ0) is 13.9. The van der Waals surface area contributed by atoms with Crippen molar-refractivity contribution >= 4 is 5.97 Å². The molecule has 0 amide bonds. The van der Waals surface area contributed by atoms with Crippen LogP contribution in [-0.4, -0.2) is 19.4 Å². The highest BCUT2D eigenvalue weighted by atomic mass is 16.7. The summed E-state index contributed by atoms with van der Waals surface area (Å²) in [5.41, 5.74) is 0.585. The van der Waals surface area contributed by atoms with Crippen LogP contribution < -0.4 is 4.74 Å². The molecular weight excluding hydrogens is 244 g/mol. The van der Waals surface area contributed by atoms with Gasteiger partial charge in [0, 0.05) is 6.42 Å². The molecule has 0 aromatic heterocycles. The summed E-state index contributed by atoms with van der Waals surface area (Å²) in [6.45, 7) is 6.55. The van der Waals surface area contributed by atoms with Gasteiger partial charge in [0.15, 0.2) is 0 Å². The molecule has 4 nitrogen and oxygen atoms in total. The molecule has 0 bridgehead atoms. The minimum atomic E-state index is -0.498. The van der Waals surface area contributed by atoms with E-state index in [1.807, 2.05) is 32.9 Å². The van der Waals surface area contributed by atoms with E-state index in [0.29, 0.717) is 19.1 Å². The molecule has 1 aromatic carbocycles. The zero-order valence-corrected chi connectivity index (χ0v) is 11.6. The van der Waals surface area contributed by atoms with E-state index in [1.54, 1.807) is 12.1 Å². The van der Waals surface area contributed by atoms with E-state index in [9.17, 15) is 4.79 Å². The van der Waals surface area contributed by atoms with Crippen molar-refractivity contribution in [3.63, 3.8) is 0 Å². The van der Waals surface area contributed by atoms with Crippen molar-refractivity contribution in [3.05, 3.63) is 29.8 Å². The third-order valence-electron chi connectivity index (χ3n) is 2.95. The maximum atomic E-state index is 11.8. The Morgan fingerprint density at radius 1 is 1.26 bits per heavy atom. The van der Waals surface area contributed by atoms with Crippen LogP contribution in [0.25, 0.3) is 0 Å². The minimum Gasteiger partial charge on any atom is -0.426 e. The van der Waals surface area contributed by atoms with Crippen molar-refractivity contribution in [2.24, 2.45) is 5.41 Å². The van der Waals surface area contributed by atoms with Gasteiger partial charge in [0.25, 0.3) is 0 Å². The largest absolute Gasteiger partial charge is 0.426 e. The van der Waals surface area contributed by atoms with Gasteiger partial charge in [-0.2, -0.15) is 0 Å². The molecule has 1 aliphatic rings. The summed E-state index contributed by atoms with van der Waals surface area (Å²) in [5, 5.41) is 0. The Balaban J connectivity index is 2.00. The highest BCUT2D eigenvalue weighted by Gasteiger charge is 2.24. The van der Waals surface area contributed by atoms with Gasteiger partial charge in [-0.1, -0.05) is 12.1 Å². The predicted molar refractivity (Wildman–Crippen MR) is 70.8 cm³/mol. The van der Waals surface area contributed by atoms with E-state index in [0.717, 1.165) is 12.0 Å². The normalized spacial score (nSPS) is 20.1. The highest BCUT2D eigenvalue weighted by Crippen LogP contribution is 2.26. The van der Waals surface area contributed by atoms with E-state index in [-0.39, 0.29) is 12.1 Å². The van der Waals surface area contributed by atoms with E-state index >= 15 is 0 Å². The van der Waals surface area contributed by atoms with E-state index in [1.165, 1.54) is 0 Å². The summed E-state index contributed by atoms with van der Waals surface area (Å²) in [6, 6.07) is 7.47. The first-order valence-electron chi connectivity index (χ1n) is 6.48. The molecule has 1 saturated heterocycles. The second-order valence-electron chi connectivity index (χ2n) is 5.68. The lowest BCUT2D eigenvalue weighted by Gasteiger charge is -2.23. The van der Waals surface area contributed by atoms with Crippen molar-refractivity contribution in [2.75, 3.05) is 13.4 Å². The zero-order valence-electron chi connectivity index (χ0n) is 11.6. The summed E-state index contributed by atoms with van der Waals surface area (Å²) >= 11 is 0. The summed E-state index contributed by atoms with van der Waals surface area (Å²) in [4.78, 5) is 11.8. The average molecular weight is 264 g/mol. The second kappa shape index (κ2) is 5.72. The average Bonchev–Trinajstić information content (AvgIpc) is 2.39. The van der Waals surface area contributed by atoms with E-state index in [4.69, 9.17) is 14.2 Å². The van der Waals surface area contributed by atoms with Crippen LogP contribution in [0.3, 0.4) is 0 Å². The molecule has 1 aromatic rings. The van der Waals surface area contributed by atoms with E-state index < -0.39 is 5.41 Å². The number of rotatable bonds is 2. The summed E-state index contributed by atoms with van der Waals surface area (Å²) < 4.78 is 16.0. The fourth-order valence-electron chi connectivity index (χ4n) is 1.74. The lowest BCUT2D eigenvalue weighted by Crippen LogP contribution is -2.25. The Morgan fingerprint density at radius 2 is 1.95 bits per heavy atom. The van der Waals surface area contributed by atoms with Crippen LogP contribution in [-0.2, 0) is 14.3 Å². The van der Waals surface area contributed by atoms with Crippen LogP contribution >= 0.6 is 0 Å². The lowest BCUT2D eigenvalue weighted by molar-refractivity contribution is -0.143. The van der Waals surface area contributed by atoms with Crippen molar-refractivity contribution < 1.29 is 19.0 Å². The van der Waals surface area contributed by atoms with Crippen molar-refractivity contribution in [2.45, 2.75) is 33.3 Å². The molecule has 0 N–H and O–H groups in total. The van der Waals surface area contributed by atoms with Gasteiger partial charge >= 0.3 is 5.97 Å². The SMILES string of the molecule is CC(C)(C)C(=O)Oc1ccc([C@H]2CCOCO2)cc1. The van der Waals surface area contributed by atoms with Gasteiger partial charge in [-0.3, -0.25) is 4.79 Å². The maximum Gasteiger partial charge on any atom is 0.316 e. The second-order valence-corrected chi connectivity index (χ2v) is 5.68. The topological polar surface area (TPSA) is 44.8 Å². The predicted octanol–water partition coefficient (Wildman–Crippen LogP) is 3.07. The first-order valence-corrected chi connectivity index (χ1v) is 6.48.